The number of alkyl halides is 3. The Labute approximate surface area is 81.1 Å². The van der Waals surface area contributed by atoms with Crippen LogP contribution in [0.25, 0.3) is 0 Å². The molecule has 6 heteroatoms. The van der Waals surface area contributed by atoms with Crippen LogP contribution in [0.3, 0.4) is 0 Å². The van der Waals surface area contributed by atoms with Crippen molar-refractivity contribution in [3.63, 3.8) is 0 Å². The van der Waals surface area contributed by atoms with Gasteiger partial charge in [-0.1, -0.05) is 6.07 Å². The first-order chi connectivity index (χ1) is 5.91. The second kappa shape index (κ2) is 3.63. The van der Waals surface area contributed by atoms with Crippen LogP contribution in [0.5, 0.6) is 0 Å². The van der Waals surface area contributed by atoms with Crippen LogP contribution in [-0.4, -0.2) is 11.2 Å². The van der Waals surface area contributed by atoms with E-state index in [0.717, 1.165) is 6.20 Å². The van der Waals surface area contributed by atoms with E-state index in [9.17, 15) is 13.2 Å². The molecule has 1 atom stereocenters. The normalized spacial score (nSPS) is 14.2. The van der Waals surface area contributed by atoms with E-state index in [-0.39, 0.29) is 5.56 Å². The van der Waals surface area contributed by atoms with Crippen molar-refractivity contribution in [2.45, 2.75) is 12.2 Å². The van der Waals surface area contributed by atoms with Gasteiger partial charge in [-0.15, -0.1) is 0 Å². The predicted octanol–water partition coefficient (Wildman–Crippen LogP) is 2.41. The topological polar surface area (TPSA) is 38.9 Å². The molecule has 1 rings (SSSR count). The monoisotopic (exact) mass is 254 g/mol. The summed E-state index contributed by atoms with van der Waals surface area (Å²) in [6, 6.07) is 0.740. The minimum absolute atomic E-state index is 0.0456. The van der Waals surface area contributed by atoms with Crippen molar-refractivity contribution in [1.29, 1.82) is 0 Å². The van der Waals surface area contributed by atoms with Gasteiger partial charge in [0.15, 0.2) is 0 Å². The van der Waals surface area contributed by atoms with E-state index >= 15 is 0 Å². The standard InChI is InChI=1S/C7H6BrF3N2/c8-5-2-1-4(3-13-5)6(12)7(9,10)11/h1-3,6H,12H2. The summed E-state index contributed by atoms with van der Waals surface area (Å²) in [5.74, 6) is 0. The van der Waals surface area contributed by atoms with E-state index in [0.29, 0.717) is 4.60 Å². The number of nitrogens with two attached hydrogens (primary N) is 1. The molecule has 0 aliphatic heterocycles. The van der Waals surface area contributed by atoms with Crippen molar-refractivity contribution in [3.05, 3.63) is 28.5 Å². The molecular formula is C7H6BrF3N2. The van der Waals surface area contributed by atoms with E-state index in [1.807, 2.05) is 0 Å². The summed E-state index contributed by atoms with van der Waals surface area (Å²) >= 11 is 3.01. The third kappa shape index (κ3) is 2.67. The lowest BCUT2D eigenvalue weighted by molar-refractivity contribution is -0.149. The molecule has 0 aliphatic carbocycles. The molecule has 0 radical (unpaired) electrons. The van der Waals surface area contributed by atoms with Gasteiger partial charge in [-0.2, -0.15) is 13.2 Å². The first-order valence-corrected chi connectivity index (χ1v) is 4.14. The number of hydrogen-bond donors (Lipinski definition) is 1. The van der Waals surface area contributed by atoms with Gasteiger partial charge >= 0.3 is 6.18 Å². The van der Waals surface area contributed by atoms with Crippen LogP contribution in [0, 0.1) is 0 Å². The van der Waals surface area contributed by atoms with Crippen LogP contribution in [-0.2, 0) is 0 Å². The summed E-state index contributed by atoms with van der Waals surface area (Å²) in [7, 11) is 0. The van der Waals surface area contributed by atoms with Gasteiger partial charge < -0.3 is 5.73 Å². The minimum atomic E-state index is -4.42. The minimum Gasteiger partial charge on any atom is -0.316 e. The SMILES string of the molecule is NC(c1ccc(Br)nc1)C(F)(F)F. The number of halogens is 4. The zero-order valence-electron chi connectivity index (χ0n) is 6.35. The summed E-state index contributed by atoms with van der Waals surface area (Å²) < 4.78 is 36.7. The molecule has 2 N–H and O–H groups in total. The molecule has 0 bridgehead atoms. The summed E-state index contributed by atoms with van der Waals surface area (Å²) in [5, 5.41) is 0. The van der Waals surface area contributed by atoms with Crippen LogP contribution in [0.4, 0.5) is 13.2 Å². The van der Waals surface area contributed by atoms with Crippen LogP contribution in [0.15, 0.2) is 22.9 Å². The van der Waals surface area contributed by atoms with Crippen molar-refractivity contribution in [2.24, 2.45) is 5.73 Å². The Bertz CT molecular complexity index is 283. The lowest BCUT2D eigenvalue weighted by atomic mass is 10.1. The molecule has 72 valence electrons. The molecule has 0 aromatic carbocycles. The molecule has 1 heterocycles. The fourth-order valence-corrected chi connectivity index (χ4v) is 0.995. The Kier molecular flexibility index (Phi) is 2.92. The Morgan fingerprint density at radius 1 is 1.38 bits per heavy atom. The summed E-state index contributed by atoms with van der Waals surface area (Å²) in [4.78, 5) is 3.65. The van der Waals surface area contributed by atoms with Crippen LogP contribution in [0.1, 0.15) is 11.6 Å². The third-order valence-corrected chi connectivity index (χ3v) is 1.93. The molecule has 0 saturated heterocycles. The fourth-order valence-electron chi connectivity index (χ4n) is 0.760. The molecular weight excluding hydrogens is 249 g/mol. The maximum atomic E-state index is 12.1. The van der Waals surface area contributed by atoms with E-state index in [1.165, 1.54) is 12.1 Å². The average molecular weight is 255 g/mol. The molecule has 2 nitrogen and oxygen atoms in total. The van der Waals surface area contributed by atoms with Gasteiger partial charge in [0.25, 0.3) is 0 Å². The zero-order valence-corrected chi connectivity index (χ0v) is 7.93. The second-order valence-corrected chi connectivity index (χ2v) is 3.25. The second-order valence-electron chi connectivity index (χ2n) is 2.43. The maximum absolute atomic E-state index is 12.1. The quantitative estimate of drug-likeness (QED) is 0.782. The number of nitrogens with zero attached hydrogens (tertiary/aromatic N) is 1. The van der Waals surface area contributed by atoms with Gasteiger partial charge in [-0.05, 0) is 27.6 Å². The molecule has 0 spiro atoms. The van der Waals surface area contributed by atoms with Crippen LogP contribution in [0.2, 0.25) is 0 Å². The highest BCUT2D eigenvalue weighted by molar-refractivity contribution is 9.10. The lowest BCUT2D eigenvalue weighted by Gasteiger charge is -2.14. The first kappa shape index (κ1) is 10.5. The van der Waals surface area contributed by atoms with E-state index < -0.39 is 12.2 Å². The highest BCUT2D eigenvalue weighted by Gasteiger charge is 2.37. The molecule has 0 saturated carbocycles. The molecule has 0 fully saturated rings. The largest absolute Gasteiger partial charge is 0.407 e. The van der Waals surface area contributed by atoms with E-state index in [1.54, 1.807) is 0 Å². The Morgan fingerprint density at radius 3 is 2.38 bits per heavy atom. The van der Waals surface area contributed by atoms with Gasteiger partial charge in [0, 0.05) is 6.20 Å². The van der Waals surface area contributed by atoms with Crippen molar-refractivity contribution >= 4 is 15.9 Å². The van der Waals surface area contributed by atoms with Crippen molar-refractivity contribution in [1.82, 2.24) is 4.98 Å². The Balaban J connectivity index is 2.90. The number of rotatable bonds is 1. The zero-order chi connectivity index (χ0) is 10.1. The van der Waals surface area contributed by atoms with Gasteiger partial charge in [0.2, 0.25) is 0 Å². The van der Waals surface area contributed by atoms with Crippen LogP contribution < -0.4 is 5.73 Å². The molecule has 13 heavy (non-hydrogen) atoms. The highest BCUT2D eigenvalue weighted by Crippen LogP contribution is 2.30. The summed E-state index contributed by atoms with van der Waals surface area (Å²) in [6.07, 6.45) is -3.32. The summed E-state index contributed by atoms with van der Waals surface area (Å²) in [5.41, 5.74) is 4.90. The number of aromatic nitrogens is 1. The molecule has 1 aromatic rings. The van der Waals surface area contributed by atoms with E-state index in [2.05, 4.69) is 20.9 Å². The number of pyridine rings is 1. The van der Waals surface area contributed by atoms with Crippen molar-refractivity contribution in [3.8, 4) is 0 Å². The first-order valence-electron chi connectivity index (χ1n) is 3.35. The Morgan fingerprint density at radius 2 is 2.00 bits per heavy atom. The third-order valence-electron chi connectivity index (χ3n) is 1.46. The van der Waals surface area contributed by atoms with Gasteiger partial charge in [0.1, 0.15) is 10.6 Å². The van der Waals surface area contributed by atoms with Crippen molar-refractivity contribution < 1.29 is 13.2 Å². The van der Waals surface area contributed by atoms with Gasteiger partial charge in [0.05, 0.1) is 0 Å². The van der Waals surface area contributed by atoms with Gasteiger partial charge in [-0.25, -0.2) is 4.98 Å². The van der Waals surface area contributed by atoms with Crippen molar-refractivity contribution in [2.75, 3.05) is 0 Å². The predicted molar refractivity (Wildman–Crippen MR) is 44.9 cm³/mol. The maximum Gasteiger partial charge on any atom is 0.407 e. The van der Waals surface area contributed by atoms with Gasteiger partial charge in [-0.3, -0.25) is 0 Å². The highest BCUT2D eigenvalue weighted by atomic mass is 79.9. The molecule has 0 aliphatic rings. The van der Waals surface area contributed by atoms with Crippen LogP contribution >= 0.6 is 15.9 Å². The molecule has 1 aromatic heterocycles. The number of hydrogen-bond acceptors (Lipinski definition) is 2. The summed E-state index contributed by atoms with van der Waals surface area (Å²) in [6.45, 7) is 0. The smallest absolute Gasteiger partial charge is 0.316 e. The molecule has 1 unspecified atom stereocenters. The van der Waals surface area contributed by atoms with E-state index in [4.69, 9.17) is 5.73 Å². The lowest BCUT2D eigenvalue weighted by Crippen LogP contribution is -2.28. The fraction of sp³-hybridized carbons (Fsp3) is 0.286. The molecule has 0 amide bonds. The Hall–Kier alpha value is -0.620. The average Bonchev–Trinajstić information content (AvgIpc) is 2.03.